The molecule has 0 amide bonds. The van der Waals surface area contributed by atoms with Crippen LogP contribution in [0.15, 0.2) is 221 Å². The second-order valence-corrected chi connectivity index (χ2v) is 15.2. The van der Waals surface area contributed by atoms with Crippen LogP contribution in [0, 0.1) is 0 Å². The predicted molar refractivity (Wildman–Crippen MR) is 247 cm³/mol. The van der Waals surface area contributed by atoms with Crippen molar-refractivity contribution in [2.75, 3.05) is 4.90 Å². The first-order valence-electron chi connectivity index (χ1n) is 20.1. The highest BCUT2D eigenvalue weighted by Gasteiger charge is 2.20. The van der Waals surface area contributed by atoms with Crippen LogP contribution >= 0.6 is 0 Å². The van der Waals surface area contributed by atoms with Crippen molar-refractivity contribution in [1.82, 2.24) is 0 Å². The molecule has 0 radical (unpaired) electrons. The minimum atomic E-state index is 0.820. The first-order valence-corrected chi connectivity index (χ1v) is 20.1. The van der Waals surface area contributed by atoms with Crippen molar-refractivity contribution in [3.05, 3.63) is 212 Å². The third-order valence-corrected chi connectivity index (χ3v) is 11.9. The van der Waals surface area contributed by atoms with Crippen molar-refractivity contribution in [1.29, 1.82) is 0 Å². The number of hydrogen-bond acceptors (Lipinski definition) is 3. The van der Waals surface area contributed by atoms with Gasteiger partial charge in [-0.25, -0.2) is 0 Å². The number of anilines is 3. The minimum Gasteiger partial charge on any atom is -0.456 e. The molecule has 0 spiro atoms. The molecule has 59 heavy (non-hydrogen) atoms. The summed E-state index contributed by atoms with van der Waals surface area (Å²) in [7, 11) is 0. The van der Waals surface area contributed by atoms with Crippen molar-refractivity contribution in [3.8, 4) is 33.4 Å². The molecule has 12 aromatic rings. The van der Waals surface area contributed by atoms with Crippen molar-refractivity contribution < 1.29 is 8.83 Å². The van der Waals surface area contributed by atoms with E-state index in [1.54, 1.807) is 0 Å². The first-order chi connectivity index (χ1) is 29.2. The van der Waals surface area contributed by atoms with Gasteiger partial charge >= 0.3 is 0 Å². The van der Waals surface area contributed by atoms with Crippen molar-refractivity contribution in [3.63, 3.8) is 0 Å². The Balaban J connectivity index is 0.977. The van der Waals surface area contributed by atoms with Crippen LogP contribution in [0.3, 0.4) is 0 Å². The van der Waals surface area contributed by atoms with Gasteiger partial charge in [0, 0.05) is 33.2 Å². The molecule has 12 rings (SSSR count). The zero-order valence-corrected chi connectivity index (χ0v) is 32.0. The molecule has 0 saturated heterocycles. The lowest BCUT2D eigenvalue weighted by atomic mass is 9.93. The van der Waals surface area contributed by atoms with Crippen molar-refractivity contribution in [2.24, 2.45) is 0 Å². The van der Waals surface area contributed by atoms with Crippen LogP contribution in [-0.4, -0.2) is 0 Å². The number of furan rings is 2. The van der Waals surface area contributed by atoms with Crippen molar-refractivity contribution >= 4 is 82.5 Å². The normalized spacial score (nSPS) is 11.7. The van der Waals surface area contributed by atoms with Crippen LogP contribution in [0.4, 0.5) is 17.1 Å². The van der Waals surface area contributed by atoms with E-state index in [1.807, 2.05) is 18.2 Å². The Morgan fingerprint density at radius 2 is 0.831 bits per heavy atom. The molecule has 10 aromatic carbocycles. The molecule has 276 valence electrons. The van der Waals surface area contributed by atoms with Gasteiger partial charge in [-0.3, -0.25) is 0 Å². The van der Waals surface area contributed by atoms with E-state index in [-0.39, 0.29) is 0 Å². The van der Waals surface area contributed by atoms with Gasteiger partial charge in [0.05, 0.1) is 5.39 Å². The van der Waals surface area contributed by atoms with Crippen LogP contribution in [-0.2, 0) is 0 Å². The fraction of sp³-hybridized carbons (Fsp3) is 0. The lowest BCUT2D eigenvalue weighted by Crippen LogP contribution is -2.09. The fourth-order valence-corrected chi connectivity index (χ4v) is 9.08. The Bertz CT molecular complexity index is 3520. The van der Waals surface area contributed by atoms with Gasteiger partial charge in [0.1, 0.15) is 22.3 Å². The molecule has 0 aliphatic heterocycles. The SMILES string of the molecule is c1ccc(-c2ccc(N(c3ccc(-c4cc5ccccc5c5ccccc45)cc3)c3ccc(-c4cccc5oc6ccc7c8ccccc8oc7c6c45)cc3)cc2)cc1. The maximum Gasteiger partial charge on any atom is 0.147 e. The van der Waals surface area contributed by atoms with Gasteiger partial charge in [-0.05, 0) is 122 Å². The molecule has 0 aliphatic carbocycles. The molecule has 0 bridgehead atoms. The summed E-state index contributed by atoms with van der Waals surface area (Å²) in [6.45, 7) is 0. The van der Waals surface area contributed by atoms with Crippen LogP contribution in [0.2, 0.25) is 0 Å². The summed E-state index contributed by atoms with van der Waals surface area (Å²) in [5.41, 5.74) is 13.6. The third-order valence-electron chi connectivity index (χ3n) is 11.9. The quantitative estimate of drug-likeness (QED) is 0.158. The molecule has 2 aromatic heterocycles. The number of rotatable bonds is 6. The topological polar surface area (TPSA) is 29.5 Å². The largest absolute Gasteiger partial charge is 0.456 e. The maximum absolute atomic E-state index is 6.52. The van der Waals surface area contributed by atoms with Crippen LogP contribution in [0.25, 0.3) is 98.8 Å². The second kappa shape index (κ2) is 13.4. The summed E-state index contributed by atoms with van der Waals surface area (Å²) < 4.78 is 13.0. The molecule has 3 heteroatoms. The van der Waals surface area contributed by atoms with Gasteiger partial charge in [-0.2, -0.15) is 0 Å². The van der Waals surface area contributed by atoms with Gasteiger partial charge < -0.3 is 13.7 Å². The molecule has 0 unspecified atom stereocenters. The Morgan fingerprint density at radius 3 is 1.56 bits per heavy atom. The van der Waals surface area contributed by atoms with E-state index in [2.05, 4.69) is 199 Å². The average Bonchev–Trinajstić information content (AvgIpc) is 3.89. The molecule has 2 heterocycles. The lowest BCUT2D eigenvalue weighted by Gasteiger charge is -2.26. The van der Waals surface area contributed by atoms with Crippen molar-refractivity contribution in [2.45, 2.75) is 0 Å². The van der Waals surface area contributed by atoms with Crippen LogP contribution in [0.5, 0.6) is 0 Å². The lowest BCUT2D eigenvalue weighted by molar-refractivity contribution is 0.663. The average molecular weight is 754 g/mol. The summed E-state index contributed by atoms with van der Waals surface area (Å²) in [5.74, 6) is 0. The zero-order chi connectivity index (χ0) is 38.9. The Morgan fingerprint density at radius 1 is 0.288 bits per heavy atom. The molecule has 3 nitrogen and oxygen atoms in total. The summed E-state index contributed by atoms with van der Waals surface area (Å²) in [6.07, 6.45) is 0. The maximum atomic E-state index is 6.52. The second-order valence-electron chi connectivity index (χ2n) is 15.2. The van der Waals surface area contributed by atoms with E-state index in [0.717, 1.165) is 72.1 Å². The Hall–Kier alpha value is -7.88. The molecule has 0 saturated carbocycles. The molecular formula is C56H35NO2. The van der Waals surface area contributed by atoms with E-state index in [9.17, 15) is 0 Å². The van der Waals surface area contributed by atoms with E-state index < -0.39 is 0 Å². The van der Waals surface area contributed by atoms with E-state index in [0.29, 0.717) is 0 Å². The molecule has 0 fully saturated rings. The number of para-hydroxylation sites is 1. The van der Waals surface area contributed by atoms with E-state index >= 15 is 0 Å². The highest BCUT2D eigenvalue weighted by atomic mass is 16.3. The number of nitrogens with zero attached hydrogens (tertiary/aromatic N) is 1. The molecular weight excluding hydrogens is 719 g/mol. The van der Waals surface area contributed by atoms with Gasteiger partial charge in [0.15, 0.2) is 0 Å². The predicted octanol–water partition coefficient (Wildman–Crippen LogP) is 16.3. The smallest absolute Gasteiger partial charge is 0.147 e. The Kier molecular flexibility index (Phi) is 7.54. The number of fused-ring (bicyclic) bond motifs is 10. The van der Waals surface area contributed by atoms with E-state index in [4.69, 9.17) is 8.83 Å². The minimum absolute atomic E-state index is 0.820. The molecule has 0 aliphatic rings. The zero-order valence-electron chi connectivity index (χ0n) is 32.0. The number of benzene rings is 10. The van der Waals surface area contributed by atoms with Gasteiger partial charge in [-0.15, -0.1) is 0 Å². The summed E-state index contributed by atoms with van der Waals surface area (Å²) in [6, 6.07) is 75.8. The van der Waals surface area contributed by atoms with E-state index in [1.165, 1.54) is 43.8 Å². The first kappa shape index (κ1) is 33.3. The van der Waals surface area contributed by atoms with Crippen LogP contribution < -0.4 is 4.90 Å². The highest BCUT2D eigenvalue weighted by molar-refractivity contribution is 6.25. The summed E-state index contributed by atoms with van der Waals surface area (Å²) in [5, 5.41) is 9.31. The number of hydrogen-bond donors (Lipinski definition) is 0. The fourth-order valence-electron chi connectivity index (χ4n) is 9.08. The summed E-state index contributed by atoms with van der Waals surface area (Å²) in [4.78, 5) is 2.34. The van der Waals surface area contributed by atoms with Crippen LogP contribution in [0.1, 0.15) is 0 Å². The van der Waals surface area contributed by atoms with Gasteiger partial charge in [0.25, 0.3) is 0 Å². The Labute approximate surface area is 340 Å². The summed E-state index contributed by atoms with van der Waals surface area (Å²) >= 11 is 0. The third kappa shape index (κ3) is 5.44. The molecule has 0 atom stereocenters. The highest BCUT2D eigenvalue weighted by Crippen LogP contribution is 2.44. The van der Waals surface area contributed by atoms with Gasteiger partial charge in [-0.1, -0.05) is 146 Å². The molecule has 0 N–H and O–H groups in total. The standard InChI is InChI=1S/C56H35NO2/c1-2-11-36(12-3-1)37-21-27-41(28-22-37)57(43-31-25-39(26-32-43)50-35-40-13-4-5-14-44(40)46-15-6-7-16-47(46)50)42-29-23-38(24-30-42)45-18-10-20-52-54(45)55-53(58-52)34-33-49-48-17-8-9-19-51(48)59-56(49)55/h1-35H. The van der Waals surface area contributed by atoms with Gasteiger partial charge in [0.2, 0.25) is 0 Å². The monoisotopic (exact) mass is 753 g/mol.